The van der Waals surface area contributed by atoms with Gasteiger partial charge in [0.1, 0.15) is 18.0 Å². The Morgan fingerprint density at radius 2 is 1.96 bits per heavy atom. The fraction of sp³-hybridized carbons (Fsp3) is 0.556. The SMILES string of the molecule is O=C(N1CCO[C@@H](c2ccccc2)C1)C1(n2cnnn2)CCCCC1. The van der Waals surface area contributed by atoms with Gasteiger partial charge in [0.15, 0.2) is 0 Å². The number of benzene rings is 1. The zero-order valence-corrected chi connectivity index (χ0v) is 14.3. The minimum atomic E-state index is -0.639. The van der Waals surface area contributed by atoms with Gasteiger partial charge in [0.2, 0.25) is 0 Å². The van der Waals surface area contributed by atoms with E-state index in [0.717, 1.165) is 37.7 Å². The van der Waals surface area contributed by atoms with E-state index < -0.39 is 5.54 Å². The Labute approximate surface area is 147 Å². The van der Waals surface area contributed by atoms with Gasteiger partial charge in [-0.3, -0.25) is 4.79 Å². The average molecular weight is 341 g/mol. The van der Waals surface area contributed by atoms with E-state index in [0.29, 0.717) is 19.7 Å². The van der Waals surface area contributed by atoms with Crippen LogP contribution in [-0.4, -0.2) is 50.7 Å². The number of aromatic nitrogens is 4. The van der Waals surface area contributed by atoms with Crippen LogP contribution in [0.15, 0.2) is 36.7 Å². The maximum Gasteiger partial charge on any atom is 0.250 e. The summed E-state index contributed by atoms with van der Waals surface area (Å²) < 4.78 is 7.60. The second-order valence-electron chi connectivity index (χ2n) is 6.87. The van der Waals surface area contributed by atoms with Crippen molar-refractivity contribution in [2.24, 2.45) is 0 Å². The lowest BCUT2D eigenvalue weighted by Crippen LogP contribution is -2.55. The summed E-state index contributed by atoms with van der Waals surface area (Å²) in [5.41, 5.74) is 0.473. The van der Waals surface area contributed by atoms with Crippen LogP contribution in [-0.2, 0) is 15.1 Å². The number of morpholine rings is 1. The zero-order chi connectivity index (χ0) is 17.1. The minimum Gasteiger partial charge on any atom is -0.370 e. The topological polar surface area (TPSA) is 73.1 Å². The van der Waals surface area contributed by atoms with E-state index in [9.17, 15) is 4.79 Å². The number of carbonyl (C=O) groups is 1. The standard InChI is InChI=1S/C18H23N5O2/c24-17(18(9-5-2-6-10-18)23-14-19-20-21-23)22-11-12-25-16(13-22)15-7-3-1-4-8-15/h1,3-4,7-8,14,16H,2,5-6,9-13H2/t16-/m1/s1. The molecule has 2 aliphatic rings. The smallest absolute Gasteiger partial charge is 0.250 e. The van der Waals surface area contributed by atoms with E-state index in [4.69, 9.17) is 4.74 Å². The van der Waals surface area contributed by atoms with Gasteiger partial charge in [0, 0.05) is 6.54 Å². The maximum atomic E-state index is 13.5. The van der Waals surface area contributed by atoms with Crippen molar-refractivity contribution in [2.75, 3.05) is 19.7 Å². The highest BCUT2D eigenvalue weighted by Crippen LogP contribution is 2.37. The minimum absolute atomic E-state index is 0.0755. The molecule has 25 heavy (non-hydrogen) atoms. The van der Waals surface area contributed by atoms with Crippen molar-refractivity contribution < 1.29 is 9.53 Å². The van der Waals surface area contributed by atoms with Gasteiger partial charge in [-0.2, -0.15) is 0 Å². The molecular weight excluding hydrogens is 318 g/mol. The average Bonchev–Trinajstić information content (AvgIpc) is 3.24. The van der Waals surface area contributed by atoms with E-state index in [2.05, 4.69) is 27.7 Å². The summed E-state index contributed by atoms with van der Waals surface area (Å²) in [4.78, 5) is 15.4. The van der Waals surface area contributed by atoms with Crippen LogP contribution < -0.4 is 0 Å². The Kier molecular flexibility index (Phi) is 4.48. The summed E-state index contributed by atoms with van der Waals surface area (Å²) in [5.74, 6) is 0.128. The molecule has 132 valence electrons. The monoisotopic (exact) mass is 341 g/mol. The first kappa shape index (κ1) is 16.2. The molecule has 4 rings (SSSR count). The third-order valence-electron chi connectivity index (χ3n) is 5.39. The molecule has 0 radical (unpaired) electrons. The first-order valence-electron chi connectivity index (χ1n) is 8.99. The first-order valence-corrected chi connectivity index (χ1v) is 8.99. The molecule has 2 fully saturated rings. The number of rotatable bonds is 3. The first-order chi connectivity index (χ1) is 12.3. The number of hydrogen-bond donors (Lipinski definition) is 0. The number of amides is 1. The quantitative estimate of drug-likeness (QED) is 0.853. The van der Waals surface area contributed by atoms with Crippen LogP contribution >= 0.6 is 0 Å². The molecule has 0 bridgehead atoms. The van der Waals surface area contributed by atoms with Gasteiger partial charge in [-0.05, 0) is 28.8 Å². The van der Waals surface area contributed by atoms with Crippen LogP contribution in [0.5, 0.6) is 0 Å². The number of ether oxygens (including phenoxy) is 1. The second kappa shape index (κ2) is 6.92. The Morgan fingerprint density at radius 1 is 1.16 bits per heavy atom. The second-order valence-corrected chi connectivity index (χ2v) is 6.87. The Bertz CT molecular complexity index is 698. The normalized spacial score (nSPS) is 23.4. The highest BCUT2D eigenvalue weighted by atomic mass is 16.5. The molecule has 2 aromatic rings. The van der Waals surface area contributed by atoms with E-state index in [1.165, 1.54) is 0 Å². The molecule has 0 N–H and O–H groups in total. The molecule has 0 spiro atoms. The molecule has 7 nitrogen and oxygen atoms in total. The summed E-state index contributed by atoms with van der Waals surface area (Å²) >= 11 is 0. The molecule has 7 heteroatoms. The number of nitrogens with zero attached hydrogens (tertiary/aromatic N) is 5. The summed E-state index contributed by atoms with van der Waals surface area (Å²) in [6.07, 6.45) is 6.31. The van der Waals surface area contributed by atoms with Gasteiger partial charge in [-0.25, -0.2) is 4.68 Å². The lowest BCUT2D eigenvalue weighted by Gasteiger charge is -2.42. The maximum absolute atomic E-state index is 13.5. The Morgan fingerprint density at radius 3 is 2.68 bits per heavy atom. The van der Waals surface area contributed by atoms with Gasteiger partial charge < -0.3 is 9.64 Å². The third-order valence-corrected chi connectivity index (χ3v) is 5.39. The fourth-order valence-corrected chi connectivity index (χ4v) is 4.03. The molecule has 1 amide bonds. The van der Waals surface area contributed by atoms with Crippen molar-refractivity contribution in [1.82, 2.24) is 25.1 Å². The van der Waals surface area contributed by atoms with Crippen LogP contribution in [0.4, 0.5) is 0 Å². The molecule has 1 aliphatic heterocycles. The van der Waals surface area contributed by atoms with Crippen molar-refractivity contribution >= 4 is 5.91 Å². The predicted molar refractivity (Wildman–Crippen MR) is 90.6 cm³/mol. The predicted octanol–water partition coefficient (Wildman–Crippen LogP) is 1.93. The molecular formula is C18H23N5O2. The largest absolute Gasteiger partial charge is 0.370 e. The van der Waals surface area contributed by atoms with Gasteiger partial charge in [-0.1, -0.05) is 49.6 Å². The van der Waals surface area contributed by atoms with E-state index in [1.54, 1.807) is 11.0 Å². The number of hydrogen-bond acceptors (Lipinski definition) is 5. The van der Waals surface area contributed by atoms with E-state index >= 15 is 0 Å². The summed E-state index contributed by atoms with van der Waals surface area (Å²) in [5, 5.41) is 11.6. The van der Waals surface area contributed by atoms with Crippen molar-refractivity contribution in [3.8, 4) is 0 Å². The molecule has 1 aromatic heterocycles. The van der Waals surface area contributed by atoms with Crippen LogP contribution in [0.25, 0.3) is 0 Å². The number of carbonyl (C=O) groups excluding carboxylic acids is 1. The van der Waals surface area contributed by atoms with Gasteiger partial charge in [0.05, 0.1) is 13.2 Å². The Balaban J connectivity index is 1.58. The van der Waals surface area contributed by atoms with Gasteiger partial charge >= 0.3 is 0 Å². The number of tetrazole rings is 1. The van der Waals surface area contributed by atoms with Crippen LogP contribution in [0.2, 0.25) is 0 Å². The van der Waals surface area contributed by atoms with E-state index in [-0.39, 0.29) is 12.0 Å². The summed E-state index contributed by atoms with van der Waals surface area (Å²) in [6.45, 7) is 1.75. The molecule has 1 aromatic carbocycles. The van der Waals surface area contributed by atoms with Crippen LogP contribution in [0.1, 0.15) is 43.8 Å². The van der Waals surface area contributed by atoms with Crippen molar-refractivity contribution in [2.45, 2.75) is 43.7 Å². The highest BCUT2D eigenvalue weighted by molar-refractivity contribution is 5.84. The van der Waals surface area contributed by atoms with Gasteiger partial charge in [-0.15, -0.1) is 5.10 Å². The van der Waals surface area contributed by atoms with Crippen molar-refractivity contribution in [1.29, 1.82) is 0 Å². The molecule has 0 unspecified atom stereocenters. The molecule has 1 saturated heterocycles. The highest BCUT2D eigenvalue weighted by Gasteiger charge is 2.46. The fourth-order valence-electron chi connectivity index (χ4n) is 4.03. The van der Waals surface area contributed by atoms with Crippen LogP contribution in [0, 0.1) is 0 Å². The zero-order valence-electron chi connectivity index (χ0n) is 14.3. The lowest BCUT2D eigenvalue weighted by atomic mass is 9.80. The summed E-state index contributed by atoms with van der Waals surface area (Å²) in [6, 6.07) is 10.1. The van der Waals surface area contributed by atoms with E-state index in [1.807, 2.05) is 23.1 Å². The lowest BCUT2D eigenvalue weighted by molar-refractivity contribution is -0.151. The summed E-state index contributed by atoms with van der Waals surface area (Å²) in [7, 11) is 0. The molecule has 1 aliphatic carbocycles. The molecule has 1 atom stereocenters. The van der Waals surface area contributed by atoms with Crippen LogP contribution in [0.3, 0.4) is 0 Å². The third kappa shape index (κ3) is 3.04. The molecule has 2 heterocycles. The van der Waals surface area contributed by atoms with Crippen molar-refractivity contribution in [3.05, 3.63) is 42.2 Å². The van der Waals surface area contributed by atoms with Gasteiger partial charge in [0.25, 0.3) is 5.91 Å². The Hall–Kier alpha value is -2.28. The molecule has 1 saturated carbocycles. The van der Waals surface area contributed by atoms with Crippen molar-refractivity contribution in [3.63, 3.8) is 0 Å².